The minimum absolute atomic E-state index is 0.0367. The van der Waals surface area contributed by atoms with E-state index < -0.39 is 0 Å². The summed E-state index contributed by atoms with van der Waals surface area (Å²) in [6.07, 6.45) is 6.55. The highest BCUT2D eigenvalue weighted by atomic mass is 16.5. The molecule has 3 aliphatic rings. The van der Waals surface area contributed by atoms with Crippen LogP contribution in [0.25, 0.3) is 11.1 Å². The Hall–Kier alpha value is -2.60. The number of hydrogen-bond acceptors (Lipinski definition) is 6. The lowest BCUT2D eigenvalue weighted by Gasteiger charge is -2.22. The Labute approximate surface area is 164 Å². The molecular formula is C22H24N4O2. The largest absolute Gasteiger partial charge is 0.471 e. The maximum Gasteiger partial charge on any atom is 0.224 e. The molecule has 0 radical (unpaired) electrons. The highest BCUT2D eigenvalue weighted by Crippen LogP contribution is 2.39. The second-order valence-electron chi connectivity index (χ2n) is 7.56. The van der Waals surface area contributed by atoms with Crippen molar-refractivity contribution in [3.8, 4) is 17.0 Å². The second kappa shape index (κ2) is 7.80. The molecule has 6 nitrogen and oxygen atoms in total. The molecule has 1 aromatic heterocycles. The summed E-state index contributed by atoms with van der Waals surface area (Å²) < 4.78 is 11.9. The first-order chi connectivity index (χ1) is 13.9. The van der Waals surface area contributed by atoms with Gasteiger partial charge in [0.25, 0.3) is 0 Å². The van der Waals surface area contributed by atoms with Gasteiger partial charge in [0.15, 0.2) is 0 Å². The molecule has 0 N–H and O–H groups in total. The van der Waals surface area contributed by atoms with Crippen molar-refractivity contribution in [3.05, 3.63) is 47.2 Å². The molecule has 6 heteroatoms. The quantitative estimate of drug-likeness (QED) is 0.745. The van der Waals surface area contributed by atoms with Gasteiger partial charge in [0.2, 0.25) is 5.88 Å². The van der Waals surface area contributed by atoms with E-state index in [0.29, 0.717) is 19.0 Å². The van der Waals surface area contributed by atoms with Gasteiger partial charge in [0, 0.05) is 17.7 Å². The van der Waals surface area contributed by atoms with Crippen molar-refractivity contribution in [3.63, 3.8) is 0 Å². The molecule has 3 heterocycles. The van der Waals surface area contributed by atoms with Crippen molar-refractivity contribution < 1.29 is 9.47 Å². The fraction of sp³-hybridized carbons (Fsp3) is 0.455. The summed E-state index contributed by atoms with van der Waals surface area (Å²) in [6.45, 7) is 1.82. The molecule has 0 amide bonds. The van der Waals surface area contributed by atoms with E-state index in [1.165, 1.54) is 41.6 Å². The smallest absolute Gasteiger partial charge is 0.224 e. The molecule has 0 bridgehead atoms. The number of benzene rings is 1. The first-order valence-corrected chi connectivity index (χ1v) is 10.2. The van der Waals surface area contributed by atoms with E-state index in [0.717, 1.165) is 37.1 Å². The van der Waals surface area contributed by atoms with Gasteiger partial charge in [-0.15, -0.1) is 5.10 Å². The van der Waals surface area contributed by atoms with Crippen LogP contribution in [-0.4, -0.2) is 36.6 Å². The van der Waals surface area contributed by atoms with Gasteiger partial charge in [0.05, 0.1) is 18.8 Å². The van der Waals surface area contributed by atoms with Crippen LogP contribution in [-0.2, 0) is 17.6 Å². The molecule has 0 saturated carbocycles. The van der Waals surface area contributed by atoms with Crippen molar-refractivity contribution in [1.82, 2.24) is 4.98 Å². The fourth-order valence-corrected chi connectivity index (χ4v) is 4.28. The van der Waals surface area contributed by atoms with E-state index in [1.54, 1.807) is 0 Å². The van der Waals surface area contributed by atoms with Crippen molar-refractivity contribution in [2.24, 2.45) is 15.4 Å². The average molecular weight is 376 g/mol. The van der Waals surface area contributed by atoms with Gasteiger partial charge in [-0.1, -0.05) is 36.8 Å². The summed E-state index contributed by atoms with van der Waals surface area (Å²) in [5.41, 5.74) is 6.69. The number of aromatic nitrogens is 1. The van der Waals surface area contributed by atoms with E-state index in [4.69, 9.17) is 14.5 Å². The summed E-state index contributed by atoms with van der Waals surface area (Å²) in [5, 5.41) is 12.3. The Kier molecular flexibility index (Phi) is 4.87. The highest BCUT2D eigenvalue weighted by Gasteiger charge is 2.29. The summed E-state index contributed by atoms with van der Waals surface area (Å²) in [7, 11) is 0. The van der Waals surface area contributed by atoms with Crippen molar-refractivity contribution in [2.45, 2.75) is 44.6 Å². The van der Waals surface area contributed by atoms with Crippen molar-refractivity contribution in [1.29, 1.82) is 0 Å². The lowest BCUT2D eigenvalue weighted by molar-refractivity contribution is 0.137. The fourth-order valence-electron chi connectivity index (χ4n) is 4.28. The zero-order chi connectivity index (χ0) is 18.8. The Morgan fingerprint density at radius 2 is 1.89 bits per heavy atom. The third-order valence-corrected chi connectivity index (χ3v) is 5.66. The molecule has 2 aliphatic heterocycles. The number of rotatable bonds is 4. The van der Waals surface area contributed by atoms with Crippen LogP contribution in [0.3, 0.4) is 0 Å². The molecule has 5 rings (SSSR count). The first-order valence-electron chi connectivity index (χ1n) is 10.2. The van der Waals surface area contributed by atoms with E-state index >= 15 is 0 Å². The van der Waals surface area contributed by atoms with Crippen LogP contribution < -0.4 is 4.74 Å². The second-order valence-corrected chi connectivity index (χ2v) is 7.56. The van der Waals surface area contributed by atoms with Gasteiger partial charge in [-0.3, -0.25) is 0 Å². The van der Waals surface area contributed by atoms with E-state index in [9.17, 15) is 0 Å². The lowest BCUT2D eigenvalue weighted by atomic mass is 9.89. The van der Waals surface area contributed by atoms with Crippen LogP contribution >= 0.6 is 0 Å². The molecule has 1 aliphatic carbocycles. The van der Waals surface area contributed by atoms with E-state index in [1.807, 2.05) is 6.07 Å². The normalized spacial score (nSPS) is 21.3. The topological polar surface area (TPSA) is 68.4 Å². The molecule has 28 heavy (non-hydrogen) atoms. The van der Waals surface area contributed by atoms with Gasteiger partial charge < -0.3 is 9.47 Å². The predicted molar refractivity (Wildman–Crippen MR) is 107 cm³/mol. The standard InChI is InChI=1S/C22H24N4O2/c1-3-7-15(8-4-1)20-17-9-5-2-6-10-18(17)24-22(28-16-11-12-27-14-16)21(20)19-13-23-26-25-19/h1,3-4,7-8,16H,2,5-6,9-14H2/t16-/m0/s1. The van der Waals surface area contributed by atoms with Crippen LogP contribution in [0, 0.1) is 0 Å². The molecule has 0 unspecified atom stereocenters. The Morgan fingerprint density at radius 3 is 2.68 bits per heavy atom. The molecule has 1 saturated heterocycles. The average Bonchev–Trinajstić information content (AvgIpc) is 3.39. The zero-order valence-electron chi connectivity index (χ0n) is 15.9. The lowest BCUT2D eigenvalue weighted by Crippen LogP contribution is -2.21. The van der Waals surface area contributed by atoms with Crippen molar-refractivity contribution in [2.75, 3.05) is 19.8 Å². The number of nitrogens with zero attached hydrogens (tertiary/aromatic N) is 4. The zero-order valence-corrected chi connectivity index (χ0v) is 15.9. The van der Waals surface area contributed by atoms with E-state index in [2.05, 4.69) is 39.7 Å². The van der Waals surface area contributed by atoms with Gasteiger partial charge in [-0.05, 0) is 42.0 Å². The number of hydrogen-bond donors (Lipinski definition) is 0. The summed E-state index contributed by atoms with van der Waals surface area (Å²) in [6, 6.07) is 10.5. The first kappa shape index (κ1) is 17.5. The van der Waals surface area contributed by atoms with Crippen molar-refractivity contribution >= 4 is 5.71 Å². The molecule has 144 valence electrons. The van der Waals surface area contributed by atoms with Gasteiger partial charge in [-0.25, -0.2) is 4.98 Å². The van der Waals surface area contributed by atoms with Crippen LogP contribution in [0.4, 0.5) is 0 Å². The third-order valence-electron chi connectivity index (χ3n) is 5.66. The Bertz CT molecular complexity index is 918. The number of pyridine rings is 1. The molecule has 1 fully saturated rings. The maximum atomic E-state index is 6.39. The van der Waals surface area contributed by atoms with Crippen LogP contribution in [0.1, 0.15) is 42.5 Å². The third kappa shape index (κ3) is 3.33. The van der Waals surface area contributed by atoms with Crippen LogP contribution in [0.2, 0.25) is 0 Å². The van der Waals surface area contributed by atoms with Gasteiger partial charge >= 0.3 is 0 Å². The number of fused-ring (bicyclic) bond motifs is 1. The van der Waals surface area contributed by atoms with Crippen LogP contribution in [0.15, 0.2) is 45.8 Å². The summed E-state index contributed by atoms with van der Waals surface area (Å²) in [4.78, 5) is 5.03. The minimum Gasteiger partial charge on any atom is -0.471 e. The Morgan fingerprint density at radius 1 is 1.00 bits per heavy atom. The predicted octanol–water partition coefficient (Wildman–Crippen LogP) is 4.36. The molecular weight excluding hydrogens is 352 g/mol. The SMILES string of the molecule is c1ccc(-c2c3c(nc(O[C@H]4CCOC4)c2C2=NN=NC2)CCCCC3)cc1. The monoisotopic (exact) mass is 376 g/mol. The maximum absolute atomic E-state index is 6.39. The molecule has 1 aromatic carbocycles. The number of aryl methyl sites for hydroxylation is 1. The molecule has 1 atom stereocenters. The van der Waals surface area contributed by atoms with E-state index in [-0.39, 0.29) is 6.10 Å². The van der Waals surface area contributed by atoms with Gasteiger partial charge in [0.1, 0.15) is 18.4 Å². The number of ether oxygens (including phenoxy) is 2. The Balaban J connectivity index is 1.73. The summed E-state index contributed by atoms with van der Waals surface area (Å²) in [5.74, 6) is 0.668. The minimum atomic E-state index is 0.0367. The van der Waals surface area contributed by atoms with Gasteiger partial charge in [-0.2, -0.15) is 5.11 Å². The molecule has 2 aromatic rings. The highest BCUT2D eigenvalue weighted by molar-refractivity contribution is 6.10. The van der Waals surface area contributed by atoms with Crippen LogP contribution in [0.5, 0.6) is 5.88 Å². The summed E-state index contributed by atoms with van der Waals surface area (Å²) >= 11 is 0. The molecule has 0 spiro atoms.